The molecule has 0 saturated heterocycles. The molecule has 6 heteroatoms. The van der Waals surface area contributed by atoms with E-state index in [2.05, 4.69) is 5.32 Å². The van der Waals surface area contributed by atoms with E-state index in [-0.39, 0.29) is 12.1 Å². The molecule has 134 valence electrons. The van der Waals surface area contributed by atoms with Gasteiger partial charge in [-0.25, -0.2) is 15.6 Å². The Morgan fingerprint density at radius 2 is 1.80 bits per heavy atom. The number of aryl methyl sites for hydroxylation is 1. The van der Waals surface area contributed by atoms with E-state index in [1.165, 1.54) is 0 Å². The predicted molar refractivity (Wildman–Crippen MR) is 102 cm³/mol. The van der Waals surface area contributed by atoms with Crippen LogP contribution in [0.1, 0.15) is 32.3 Å². The molecule has 25 heavy (non-hydrogen) atoms. The Morgan fingerprint density at radius 3 is 2.36 bits per heavy atom. The zero-order valence-electron chi connectivity index (χ0n) is 15.0. The van der Waals surface area contributed by atoms with Gasteiger partial charge in [-0.2, -0.15) is 0 Å². The molecule has 2 aromatic carbocycles. The highest BCUT2D eigenvalue weighted by molar-refractivity contribution is 5.90. The van der Waals surface area contributed by atoms with Crippen molar-refractivity contribution >= 4 is 17.4 Å². The molecular formula is C19H26N4O2. The minimum absolute atomic E-state index is 0.120. The van der Waals surface area contributed by atoms with Gasteiger partial charge in [-0.15, -0.1) is 0 Å². The Hall–Kier alpha value is -2.73. The second-order valence-electron chi connectivity index (χ2n) is 5.95. The summed E-state index contributed by atoms with van der Waals surface area (Å²) in [6, 6.07) is 12.3. The summed E-state index contributed by atoms with van der Waals surface area (Å²) in [5, 5.41) is 4.01. The van der Waals surface area contributed by atoms with Gasteiger partial charge < -0.3 is 15.8 Å². The number of amides is 2. The molecule has 0 bridgehead atoms. The Kier molecular flexibility index (Phi) is 6.25. The van der Waals surface area contributed by atoms with Gasteiger partial charge in [0.1, 0.15) is 11.5 Å². The van der Waals surface area contributed by atoms with Gasteiger partial charge in [0.2, 0.25) is 0 Å². The van der Waals surface area contributed by atoms with Gasteiger partial charge in [0.25, 0.3) is 0 Å². The lowest BCUT2D eigenvalue weighted by molar-refractivity contribution is 0.242. The number of anilines is 2. The highest BCUT2D eigenvalue weighted by Crippen LogP contribution is 2.27. The quantitative estimate of drug-likeness (QED) is 0.321. The number of carbonyl (C=O) groups excluding carboxylic acids is 1. The van der Waals surface area contributed by atoms with Crippen molar-refractivity contribution in [3.63, 3.8) is 0 Å². The van der Waals surface area contributed by atoms with Crippen molar-refractivity contribution in [1.29, 1.82) is 0 Å². The molecule has 0 spiro atoms. The number of ether oxygens (including phenoxy) is 1. The predicted octanol–water partition coefficient (Wildman–Crippen LogP) is 3.95. The van der Waals surface area contributed by atoms with Crippen LogP contribution in [0, 0.1) is 6.92 Å². The molecule has 5 N–H and O–H groups in total. The maximum atomic E-state index is 12.2. The minimum Gasteiger partial charge on any atom is -0.457 e. The Labute approximate surface area is 148 Å². The number of nitrogen functional groups attached to an aromatic ring is 1. The third kappa shape index (κ3) is 4.87. The van der Waals surface area contributed by atoms with Crippen LogP contribution in [-0.4, -0.2) is 12.1 Å². The molecule has 0 aliphatic carbocycles. The normalized spacial score (nSPS) is 10.6. The van der Waals surface area contributed by atoms with E-state index in [9.17, 15) is 4.79 Å². The SMILES string of the molecule is CCC(CC)NC(=O)N(N)c1ccc(Oc2ccc(N)cc2C)cc1. The average molecular weight is 342 g/mol. The fraction of sp³-hybridized carbons (Fsp3) is 0.316. The van der Waals surface area contributed by atoms with E-state index >= 15 is 0 Å². The molecule has 0 aliphatic heterocycles. The summed E-state index contributed by atoms with van der Waals surface area (Å²) >= 11 is 0. The summed E-state index contributed by atoms with van der Waals surface area (Å²) in [4.78, 5) is 12.2. The Morgan fingerprint density at radius 1 is 1.16 bits per heavy atom. The first-order chi connectivity index (χ1) is 11.9. The number of nitrogens with one attached hydrogen (secondary N) is 1. The molecule has 0 unspecified atom stereocenters. The summed E-state index contributed by atoms with van der Waals surface area (Å²) in [5.74, 6) is 7.30. The highest BCUT2D eigenvalue weighted by atomic mass is 16.5. The van der Waals surface area contributed by atoms with Crippen molar-refractivity contribution in [2.24, 2.45) is 5.84 Å². The van der Waals surface area contributed by atoms with E-state index in [1.807, 2.05) is 32.9 Å². The second-order valence-corrected chi connectivity index (χ2v) is 5.95. The van der Waals surface area contributed by atoms with Gasteiger partial charge in [-0.1, -0.05) is 13.8 Å². The molecule has 0 heterocycles. The molecule has 0 radical (unpaired) electrons. The third-order valence-corrected chi connectivity index (χ3v) is 4.07. The number of hydrogen-bond donors (Lipinski definition) is 3. The van der Waals surface area contributed by atoms with Crippen LogP contribution in [0.2, 0.25) is 0 Å². The van der Waals surface area contributed by atoms with Gasteiger partial charge in [0.05, 0.1) is 5.69 Å². The van der Waals surface area contributed by atoms with Crippen LogP contribution in [0.15, 0.2) is 42.5 Å². The first-order valence-electron chi connectivity index (χ1n) is 8.44. The standard InChI is InChI=1S/C19H26N4O2/c1-4-15(5-2)22-19(24)23(21)16-7-9-17(10-8-16)25-18-11-6-14(20)12-13(18)3/h6-12,15H,4-5,20-21H2,1-3H3,(H,22,24). The number of hydrazine groups is 1. The summed E-state index contributed by atoms with van der Waals surface area (Å²) < 4.78 is 5.84. The molecule has 2 aromatic rings. The third-order valence-electron chi connectivity index (χ3n) is 4.07. The lowest BCUT2D eigenvalue weighted by Crippen LogP contribution is -2.48. The highest BCUT2D eigenvalue weighted by Gasteiger charge is 2.15. The topological polar surface area (TPSA) is 93.6 Å². The lowest BCUT2D eigenvalue weighted by atomic mass is 10.2. The fourth-order valence-electron chi connectivity index (χ4n) is 2.44. The van der Waals surface area contributed by atoms with Crippen LogP contribution < -0.4 is 26.6 Å². The van der Waals surface area contributed by atoms with Crippen LogP contribution >= 0.6 is 0 Å². The molecular weight excluding hydrogens is 316 g/mol. The first-order valence-corrected chi connectivity index (χ1v) is 8.44. The number of nitrogens with two attached hydrogens (primary N) is 2. The monoisotopic (exact) mass is 342 g/mol. The largest absolute Gasteiger partial charge is 0.457 e. The molecule has 0 saturated carbocycles. The van der Waals surface area contributed by atoms with E-state index in [0.717, 1.165) is 29.2 Å². The minimum atomic E-state index is -0.322. The van der Waals surface area contributed by atoms with Gasteiger partial charge in [0.15, 0.2) is 0 Å². The van der Waals surface area contributed by atoms with Crippen LogP contribution in [0.3, 0.4) is 0 Å². The van der Waals surface area contributed by atoms with Gasteiger partial charge in [0, 0.05) is 11.7 Å². The van der Waals surface area contributed by atoms with Gasteiger partial charge in [-0.05, 0) is 67.8 Å². The maximum Gasteiger partial charge on any atom is 0.336 e. The average Bonchev–Trinajstić information content (AvgIpc) is 2.61. The van der Waals surface area contributed by atoms with Crippen molar-refractivity contribution in [2.45, 2.75) is 39.7 Å². The van der Waals surface area contributed by atoms with Crippen LogP contribution in [0.25, 0.3) is 0 Å². The number of benzene rings is 2. The lowest BCUT2D eigenvalue weighted by Gasteiger charge is -2.21. The first kappa shape index (κ1) is 18.6. The molecule has 6 nitrogen and oxygen atoms in total. The maximum absolute atomic E-state index is 12.2. The van der Waals surface area contributed by atoms with Crippen LogP contribution in [0.4, 0.5) is 16.2 Å². The van der Waals surface area contributed by atoms with E-state index in [0.29, 0.717) is 17.1 Å². The van der Waals surface area contributed by atoms with Crippen LogP contribution in [-0.2, 0) is 0 Å². The number of hydrogen-bond acceptors (Lipinski definition) is 4. The summed E-state index contributed by atoms with van der Waals surface area (Å²) in [7, 11) is 0. The van der Waals surface area contributed by atoms with E-state index in [4.69, 9.17) is 16.3 Å². The van der Waals surface area contributed by atoms with E-state index < -0.39 is 0 Å². The van der Waals surface area contributed by atoms with Crippen molar-refractivity contribution in [3.8, 4) is 11.5 Å². The molecule has 2 amide bonds. The molecule has 0 aromatic heterocycles. The fourth-order valence-corrected chi connectivity index (χ4v) is 2.44. The van der Waals surface area contributed by atoms with E-state index in [1.54, 1.807) is 30.3 Å². The Balaban J connectivity index is 2.04. The molecule has 2 rings (SSSR count). The summed E-state index contributed by atoms with van der Waals surface area (Å²) in [6.45, 7) is 5.99. The smallest absolute Gasteiger partial charge is 0.336 e. The molecule has 0 aliphatic rings. The van der Waals surface area contributed by atoms with Gasteiger partial charge >= 0.3 is 6.03 Å². The second kappa shape index (κ2) is 8.39. The zero-order chi connectivity index (χ0) is 18.4. The zero-order valence-corrected chi connectivity index (χ0v) is 15.0. The van der Waals surface area contributed by atoms with Crippen molar-refractivity contribution < 1.29 is 9.53 Å². The molecule has 0 fully saturated rings. The number of carbonyl (C=O) groups is 1. The summed E-state index contributed by atoms with van der Waals surface area (Å²) in [5.41, 5.74) is 7.98. The van der Waals surface area contributed by atoms with Crippen molar-refractivity contribution in [3.05, 3.63) is 48.0 Å². The number of nitrogens with zero attached hydrogens (tertiary/aromatic N) is 1. The summed E-state index contributed by atoms with van der Waals surface area (Å²) in [6.07, 6.45) is 1.73. The van der Waals surface area contributed by atoms with Crippen LogP contribution in [0.5, 0.6) is 11.5 Å². The van der Waals surface area contributed by atoms with Crippen molar-refractivity contribution in [2.75, 3.05) is 10.7 Å². The number of rotatable bonds is 6. The van der Waals surface area contributed by atoms with Crippen molar-refractivity contribution in [1.82, 2.24) is 5.32 Å². The Bertz CT molecular complexity index is 712. The van der Waals surface area contributed by atoms with Gasteiger partial charge in [-0.3, -0.25) is 0 Å². The number of urea groups is 1. The molecule has 0 atom stereocenters.